The maximum Gasteiger partial charge on any atom is 0.234 e. The highest BCUT2D eigenvalue weighted by Gasteiger charge is 2.66. The molecule has 0 aliphatic heterocycles. The molecule has 3 aliphatic carbocycles. The average Bonchev–Trinajstić information content (AvgIpc) is 2.74. The first-order valence-corrected chi connectivity index (χ1v) is 13.1. The van der Waals surface area contributed by atoms with Crippen LogP contribution >= 0.6 is 11.6 Å². The second-order valence-electron chi connectivity index (χ2n) is 7.77. The first-order valence-electron chi connectivity index (χ1n) is 9.53. The highest BCUT2D eigenvalue weighted by atomic mass is 35.5. The Morgan fingerprint density at radius 2 is 1.20 bits per heavy atom. The van der Waals surface area contributed by atoms with E-state index in [0.717, 1.165) is 0 Å². The van der Waals surface area contributed by atoms with E-state index in [9.17, 15) is 26.9 Å². The Hall–Kier alpha value is -1.97. The molecule has 3 fully saturated rings. The molecule has 10 heteroatoms. The van der Waals surface area contributed by atoms with Crippen LogP contribution in [0.25, 0.3) is 0 Å². The van der Waals surface area contributed by atoms with Gasteiger partial charge in [-0.05, 0) is 37.1 Å². The van der Waals surface area contributed by atoms with Gasteiger partial charge in [-0.2, -0.15) is 0 Å². The molecule has 0 spiro atoms. The first-order chi connectivity index (χ1) is 14.2. The second kappa shape index (κ2) is 7.62. The molecule has 0 radical (unpaired) electrons. The fraction of sp³-hybridized carbons (Fsp3) is 0.400. The summed E-state index contributed by atoms with van der Waals surface area (Å²) in [6.45, 7) is 0. The molecule has 6 atom stereocenters. The average molecular weight is 470 g/mol. The minimum Gasteiger partial charge on any atom is -0.264 e. The van der Waals surface area contributed by atoms with Crippen LogP contribution in [0.1, 0.15) is 12.8 Å². The zero-order valence-corrected chi connectivity index (χ0v) is 18.1. The first kappa shape index (κ1) is 21.3. The van der Waals surface area contributed by atoms with Gasteiger partial charge in [-0.1, -0.05) is 36.4 Å². The third-order valence-electron chi connectivity index (χ3n) is 6.28. The smallest absolute Gasteiger partial charge is 0.234 e. The topological polar surface area (TPSA) is 111 Å². The summed E-state index contributed by atoms with van der Waals surface area (Å²) in [4.78, 5) is 11.3. The van der Waals surface area contributed by atoms with Crippen molar-refractivity contribution >= 4 is 31.3 Å². The van der Waals surface area contributed by atoms with E-state index in [-0.39, 0.29) is 16.2 Å². The minimum absolute atomic E-state index is 0.0433. The minimum atomic E-state index is -4.15. The van der Waals surface area contributed by atoms with E-state index < -0.39 is 58.4 Å². The molecular formula is C20H20ClNO6S2. The molecule has 0 aromatic heterocycles. The molecule has 5 rings (SSSR count). The van der Waals surface area contributed by atoms with Gasteiger partial charge in [-0.3, -0.25) is 10.1 Å². The van der Waals surface area contributed by atoms with Crippen LogP contribution in [-0.4, -0.2) is 43.7 Å². The van der Waals surface area contributed by atoms with Crippen LogP contribution < -0.4 is 0 Å². The highest BCUT2D eigenvalue weighted by molar-refractivity contribution is 7.93. The normalized spacial score (nSPS) is 31.4. The summed E-state index contributed by atoms with van der Waals surface area (Å²) in [5.74, 6) is -1.82. The lowest BCUT2D eigenvalue weighted by atomic mass is 9.67. The Labute approximate surface area is 180 Å². The van der Waals surface area contributed by atoms with Crippen molar-refractivity contribution in [3.8, 4) is 0 Å². The van der Waals surface area contributed by atoms with Crippen LogP contribution in [0, 0.1) is 22.0 Å². The molecule has 160 valence electrons. The molecule has 0 saturated heterocycles. The number of nitrogens with zero attached hydrogens (tertiary/aromatic N) is 1. The third kappa shape index (κ3) is 3.23. The maximum absolute atomic E-state index is 13.5. The van der Waals surface area contributed by atoms with Gasteiger partial charge in [-0.25, -0.2) is 16.8 Å². The lowest BCUT2D eigenvalue weighted by Gasteiger charge is -2.49. The highest BCUT2D eigenvalue weighted by Crippen LogP contribution is 2.52. The van der Waals surface area contributed by atoms with Crippen molar-refractivity contribution in [2.75, 3.05) is 0 Å². The summed E-state index contributed by atoms with van der Waals surface area (Å²) in [6, 6.07) is 13.8. The lowest BCUT2D eigenvalue weighted by molar-refractivity contribution is -0.538. The molecule has 0 amide bonds. The molecule has 3 aliphatic rings. The number of alkyl halides is 1. The third-order valence-corrected chi connectivity index (χ3v) is 11.6. The Morgan fingerprint density at radius 3 is 1.67 bits per heavy atom. The molecular weight excluding hydrogens is 450 g/mol. The zero-order chi connectivity index (χ0) is 21.7. The molecule has 30 heavy (non-hydrogen) atoms. The van der Waals surface area contributed by atoms with Gasteiger partial charge in [0.25, 0.3) is 0 Å². The van der Waals surface area contributed by atoms with Gasteiger partial charge in [0.2, 0.25) is 6.04 Å². The van der Waals surface area contributed by atoms with Gasteiger partial charge in [0.05, 0.1) is 20.4 Å². The lowest BCUT2D eigenvalue weighted by Crippen LogP contribution is -2.66. The van der Waals surface area contributed by atoms with E-state index in [2.05, 4.69) is 0 Å². The number of rotatable bonds is 5. The maximum atomic E-state index is 13.5. The summed E-state index contributed by atoms with van der Waals surface area (Å²) in [5, 5.41) is 8.24. The Morgan fingerprint density at radius 1 is 0.767 bits per heavy atom. The summed E-state index contributed by atoms with van der Waals surface area (Å²) in [5.41, 5.74) is 0. The SMILES string of the molecule is O=[N+]([O-])[C@H]1[C@H]2CC[C@H]([C@H](S(=O)(=O)c3ccccc3)[C@H]2Cl)[C@@H]1S(=O)(=O)c1ccccc1. The molecule has 7 nitrogen and oxygen atoms in total. The Balaban J connectivity index is 1.87. The summed E-state index contributed by atoms with van der Waals surface area (Å²) in [6.07, 6.45) is 0.581. The number of hydrogen-bond donors (Lipinski definition) is 0. The van der Waals surface area contributed by atoms with Crippen molar-refractivity contribution in [3.63, 3.8) is 0 Å². The van der Waals surface area contributed by atoms with Crippen LogP contribution in [-0.2, 0) is 19.7 Å². The van der Waals surface area contributed by atoms with Gasteiger partial charge in [0.1, 0.15) is 5.25 Å². The molecule has 2 bridgehead atoms. The van der Waals surface area contributed by atoms with Crippen molar-refractivity contribution in [1.29, 1.82) is 0 Å². The summed E-state index contributed by atoms with van der Waals surface area (Å²) in [7, 11) is -8.14. The van der Waals surface area contributed by atoms with Crippen molar-refractivity contribution in [2.24, 2.45) is 11.8 Å². The predicted molar refractivity (Wildman–Crippen MR) is 111 cm³/mol. The fourth-order valence-electron chi connectivity index (χ4n) is 5.02. The molecule has 0 unspecified atom stereocenters. The van der Waals surface area contributed by atoms with Crippen LogP contribution in [0.5, 0.6) is 0 Å². The van der Waals surface area contributed by atoms with Gasteiger partial charge < -0.3 is 0 Å². The largest absolute Gasteiger partial charge is 0.264 e. The van der Waals surface area contributed by atoms with Crippen molar-refractivity contribution in [3.05, 3.63) is 70.8 Å². The Kier molecular flexibility index (Phi) is 5.40. The second-order valence-corrected chi connectivity index (χ2v) is 12.5. The Bertz CT molecular complexity index is 1150. The quantitative estimate of drug-likeness (QED) is 0.378. The number of sulfone groups is 2. The van der Waals surface area contributed by atoms with Crippen molar-refractivity contribution in [2.45, 2.75) is 44.6 Å². The molecule has 2 aromatic rings. The van der Waals surface area contributed by atoms with E-state index in [0.29, 0.717) is 6.42 Å². The van der Waals surface area contributed by atoms with E-state index in [1.807, 2.05) is 0 Å². The van der Waals surface area contributed by atoms with E-state index in [4.69, 9.17) is 11.6 Å². The summed E-state index contributed by atoms with van der Waals surface area (Å²) >= 11 is 6.54. The number of fused-ring (bicyclic) bond motifs is 3. The van der Waals surface area contributed by atoms with Crippen LogP contribution in [0.2, 0.25) is 0 Å². The fourth-order valence-corrected chi connectivity index (χ4v) is 10.4. The predicted octanol–water partition coefficient (Wildman–Crippen LogP) is 2.96. The molecule has 0 N–H and O–H groups in total. The molecule has 2 aromatic carbocycles. The van der Waals surface area contributed by atoms with Gasteiger partial charge >= 0.3 is 0 Å². The monoisotopic (exact) mass is 469 g/mol. The number of benzene rings is 2. The van der Waals surface area contributed by atoms with Gasteiger partial charge in [0.15, 0.2) is 19.7 Å². The zero-order valence-electron chi connectivity index (χ0n) is 15.7. The number of nitro groups is 1. The molecule has 0 heterocycles. The van der Waals surface area contributed by atoms with E-state index in [1.54, 1.807) is 24.3 Å². The van der Waals surface area contributed by atoms with Crippen molar-refractivity contribution in [1.82, 2.24) is 0 Å². The van der Waals surface area contributed by atoms with Crippen molar-refractivity contribution < 1.29 is 21.8 Å². The van der Waals surface area contributed by atoms with Crippen LogP contribution in [0.15, 0.2) is 70.5 Å². The number of halogens is 1. The van der Waals surface area contributed by atoms with Gasteiger partial charge in [-0.15, -0.1) is 11.6 Å². The van der Waals surface area contributed by atoms with Crippen LogP contribution in [0.4, 0.5) is 0 Å². The van der Waals surface area contributed by atoms with E-state index >= 15 is 0 Å². The standard InChI is InChI=1S/C20H20ClNO6S2/c21-17-15-11-12-16(19(17)29(25,26)13-7-3-1-4-8-13)20(18(15)22(23)24)30(27,28)14-9-5-2-6-10-14/h1-10,15-20H,11-12H2/t15-,16+,17-,18-,19-,20-/m0/s1. The van der Waals surface area contributed by atoms with Crippen LogP contribution in [0.3, 0.4) is 0 Å². The van der Waals surface area contributed by atoms with Gasteiger partial charge in [0, 0.05) is 16.8 Å². The summed E-state index contributed by atoms with van der Waals surface area (Å²) < 4.78 is 53.8. The number of hydrogen-bond acceptors (Lipinski definition) is 6. The van der Waals surface area contributed by atoms with E-state index in [1.165, 1.54) is 36.4 Å². The molecule has 3 saturated carbocycles.